The van der Waals surface area contributed by atoms with E-state index in [-0.39, 0.29) is 17.2 Å². The van der Waals surface area contributed by atoms with Crippen LogP contribution in [0, 0.1) is 6.92 Å². The van der Waals surface area contributed by atoms with Gasteiger partial charge in [-0.25, -0.2) is 15.0 Å². The summed E-state index contributed by atoms with van der Waals surface area (Å²) < 4.78 is 0. The van der Waals surface area contributed by atoms with Gasteiger partial charge in [0.25, 0.3) is 11.8 Å². The van der Waals surface area contributed by atoms with E-state index in [1.165, 1.54) is 11.3 Å². The van der Waals surface area contributed by atoms with Crippen LogP contribution in [0.3, 0.4) is 0 Å². The van der Waals surface area contributed by atoms with Gasteiger partial charge in [0.05, 0.1) is 16.3 Å². The monoisotopic (exact) mass is 433 g/mol. The van der Waals surface area contributed by atoms with E-state index < -0.39 is 0 Å². The first-order chi connectivity index (χ1) is 15.0. The quantitative estimate of drug-likeness (QED) is 0.620. The van der Waals surface area contributed by atoms with Crippen LogP contribution in [-0.2, 0) is 5.41 Å². The molecule has 0 atom stereocenters. The highest BCUT2D eigenvalue weighted by molar-refractivity contribution is 7.09. The van der Waals surface area contributed by atoms with Gasteiger partial charge in [-0.05, 0) is 19.8 Å². The molecule has 2 aliphatic rings. The average Bonchev–Trinajstić information content (AvgIpc) is 3.24. The van der Waals surface area contributed by atoms with Gasteiger partial charge in [0.15, 0.2) is 5.82 Å². The summed E-state index contributed by atoms with van der Waals surface area (Å²) in [6.45, 7) is 3.73. The lowest BCUT2D eigenvalue weighted by atomic mass is 9.71. The summed E-state index contributed by atoms with van der Waals surface area (Å²) in [6, 6.07) is 9.82. The number of piperidine rings is 1. The summed E-state index contributed by atoms with van der Waals surface area (Å²) in [5.41, 5.74) is 2.56. The van der Waals surface area contributed by atoms with Crippen LogP contribution in [0.25, 0.3) is 11.4 Å². The Hall–Kier alpha value is -3.13. The Morgan fingerprint density at radius 3 is 2.55 bits per heavy atom. The maximum absolute atomic E-state index is 12.9. The normalized spacial score (nSPS) is 17.7. The summed E-state index contributed by atoms with van der Waals surface area (Å²) in [6.07, 6.45) is 3.16. The van der Waals surface area contributed by atoms with E-state index in [1.54, 1.807) is 11.1 Å². The molecule has 4 heterocycles. The Bertz CT molecular complexity index is 1150. The minimum atomic E-state index is -0.279. The molecule has 1 fully saturated rings. The zero-order valence-electron chi connectivity index (χ0n) is 17.5. The first-order valence-electron chi connectivity index (χ1n) is 10.4. The maximum atomic E-state index is 12.9. The highest BCUT2D eigenvalue weighted by atomic mass is 32.1. The molecule has 2 aromatic heterocycles. The first-order valence-corrected chi connectivity index (χ1v) is 11.2. The molecule has 2 amide bonds. The van der Waals surface area contributed by atoms with Crippen LogP contribution in [0.5, 0.6) is 0 Å². The number of aryl methyl sites for hydroxylation is 1. The fourth-order valence-corrected chi connectivity index (χ4v) is 5.22. The standard InChI is InChI=1S/C23H23N5O2S/c1-15-25-18(13-31-15)22(30)28-10-8-23(9-11-28)14-27(2)21(29)17-12-24-20(26-19(17)23)16-6-4-3-5-7-16/h3-7,12-13H,8-11,14H2,1-2H3. The van der Waals surface area contributed by atoms with Crippen LogP contribution >= 0.6 is 11.3 Å². The van der Waals surface area contributed by atoms with Gasteiger partial charge in [0, 0.05) is 49.2 Å². The van der Waals surface area contributed by atoms with Gasteiger partial charge < -0.3 is 9.80 Å². The first kappa shape index (κ1) is 19.8. The lowest BCUT2D eigenvalue weighted by Crippen LogP contribution is -2.54. The van der Waals surface area contributed by atoms with E-state index in [9.17, 15) is 9.59 Å². The predicted octanol–water partition coefficient (Wildman–Crippen LogP) is 3.17. The molecule has 1 saturated heterocycles. The second kappa shape index (κ2) is 7.53. The molecule has 0 N–H and O–H groups in total. The molecule has 158 valence electrons. The molecule has 1 aromatic carbocycles. The molecule has 5 rings (SSSR count). The second-order valence-electron chi connectivity index (χ2n) is 8.31. The largest absolute Gasteiger partial charge is 0.341 e. The molecule has 0 aliphatic carbocycles. The van der Waals surface area contributed by atoms with Crippen LogP contribution in [0.15, 0.2) is 41.9 Å². The van der Waals surface area contributed by atoms with E-state index in [2.05, 4.69) is 9.97 Å². The van der Waals surface area contributed by atoms with Crippen LogP contribution < -0.4 is 0 Å². The number of benzene rings is 1. The number of hydrogen-bond acceptors (Lipinski definition) is 6. The summed E-state index contributed by atoms with van der Waals surface area (Å²) in [5, 5.41) is 2.72. The summed E-state index contributed by atoms with van der Waals surface area (Å²) in [4.78, 5) is 43.0. The molecular weight excluding hydrogens is 410 g/mol. The van der Waals surface area contributed by atoms with Crippen molar-refractivity contribution in [2.75, 3.05) is 26.7 Å². The minimum Gasteiger partial charge on any atom is -0.341 e. The van der Waals surface area contributed by atoms with Crippen molar-refractivity contribution >= 4 is 23.2 Å². The van der Waals surface area contributed by atoms with Crippen molar-refractivity contribution < 1.29 is 9.59 Å². The van der Waals surface area contributed by atoms with Gasteiger partial charge in [-0.3, -0.25) is 9.59 Å². The Balaban J connectivity index is 1.47. The molecule has 31 heavy (non-hydrogen) atoms. The third-order valence-corrected chi connectivity index (χ3v) is 7.06. The van der Waals surface area contributed by atoms with E-state index in [1.807, 2.05) is 54.6 Å². The molecule has 8 heteroatoms. The van der Waals surface area contributed by atoms with Gasteiger partial charge in [-0.1, -0.05) is 30.3 Å². The molecule has 0 bridgehead atoms. The Labute approximate surface area is 184 Å². The van der Waals surface area contributed by atoms with Crippen molar-refractivity contribution in [1.29, 1.82) is 0 Å². The van der Waals surface area contributed by atoms with Crippen LogP contribution in [0.4, 0.5) is 0 Å². The number of amides is 2. The van der Waals surface area contributed by atoms with E-state index in [0.29, 0.717) is 36.7 Å². The van der Waals surface area contributed by atoms with Crippen molar-refractivity contribution in [2.24, 2.45) is 0 Å². The summed E-state index contributed by atoms with van der Waals surface area (Å²) in [5.74, 6) is 0.566. The van der Waals surface area contributed by atoms with Gasteiger partial charge >= 0.3 is 0 Å². The summed E-state index contributed by atoms with van der Waals surface area (Å²) in [7, 11) is 1.83. The zero-order chi connectivity index (χ0) is 21.6. The van der Waals surface area contributed by atoms with Crippen molar-refractivity contribution in [1.82, 2.24) is 24.8 Å². The van der Waals surface area contributed by atoms with Crippen LogP contribution in [-0.4, -0.2) is 63.2 Å². The Kier molecular flexibility index (Phi) is 4.81. The van der Waals surface area contributed by atoms with Gasteiger partial charge in [-0.15, -0.1) is 11.3 Å². The van der Waals surface area contributed by atoms with Crippen molar-refractivity contribution in [3.05, 3.63) is 63.9 Å². The second-order valence-corrected chi connectivity index (χ2v) is 9.37. The molecular formula is C23H23N5O2S. The maximum Gasteiger partial charge on any atom is 0.273 e. The zero-order valence-corrected chi connectivity index (χ0v) is 18.4. The van der Waals surface area contributed by atoms with Crippen LogP contribution in [0.2, 0.25) is 0 Å². The third-order valence-electron chi connectivity index (χ3n) is 6.29. The number of fused-ring (bicyclic) bond motifs is 2. The Morgan fingerprint density at radius 1 is 1.13 bits per heavy atom. The van der Waals surface area contributed by atoms with Crippen molar-refractivity contribution in [3.8, 4) is 11.4 Å². The predicted molar refractivity (Wildman–Crippen MR) is 118 cm³/mol. The van der Waals surface area contributed by atoms with E-state index in [4.69, 9.17) is 4.98 Å². The van der Waals surface area contributed by atoms with Gasteiger partial charge in [0.1, 0.15) is 5.69 Å². The number of likely N-dealkylation sites (tertiary alicyclic amines) is 1. The lowest BCUT2D eigenvalue weighted by Gasteiger charge is -2.46. The summed E-state index contributed by atoms with van der Waals surface area (Å²) >= 11 is 1.49. The van der Waals surface area contributed by atoms with E-state index in [0.717, 1.165) is 29.1 Å². The minimum absolute atomic E-state index is 0.0210. The number of aromatic nitrogens is 3. The molecule has 0 unspecified atom stereocenters. The molecule has 0 saturated carbocycles. The fraction of sp³-hybridized carbons (Fsp3) is 0.348. The van der Waals surface area contributed by atoms with Gasteiger partial charge in [0.2, 0.25) is 0 Å². The number of hydrogen-bond donors (Lipinski definition) is 0. The number of rotatable bonds is 2. The Morgan fingerprint density at radius 2 is 1.87 bits per heavy atom. The number of nitrogens with zero attached hydrogens (tertiary/aromatic N) is 5. The molecule has 7 nitrogen and oxygen atoms in total. The number of likely N-dealkylation sites (N-methyl/N-ethyl adjacent to an activating group) is 1. The highest BCUT2D eigenvalue weighted by Crippen LogP contribution is 2.41. The van der Waals surface area contributed by atoms with Crippen LogP contribution in [0.1, 0.15) is 44.4 Å². The smallest absolute Gasteiger partial charge is 0.273 e. The van der Waals surface area contributed by atoms with Crippen molar-refractivity contribution in [3.63, 3.8) is 0 Å². The third kappa shape index (κ3) is 3.40. The molecule has 0 radical (unpaired) electrons. The highest BCUT2D eigenvalue weighted by Gasteiger charge is 2.46. The fourth-order valence-electron chi connectivity index (χ4n) is 4.63. The number of thiazole rings is 1. The molecule has 2 aliphatic heterocycles. The number of carbonyl (C=O) groups excluding carboxylic acids is 2. The van der Waals surface area contributed by atoms with Crippen molar-refractivity contribution in [2.45, 2.75) is 25.2 Å². The lowest BCUT2D eigenvalue weighted by molar-refractivity contribution is 0.0538. The number of carbonyl (C=O) groups is 2. The molecule has 3 aromatic rings. The van der Waals surface area contributed by atoms with E-state index >= 15 is 0 Å². The SMILES string of the molecule is Cc1nc(C(=O)N2CCC3(CC2)CN(C)C(=O)c2cnc(-c4ccccc4)nc23)cs1. The van der Waals surface area contributed by atoms with Gasteiger partial charge in [-0.2, -0.15) is 0 Å². The molecule has 1 spiro atoms. The average molecular weight is 434 g/mol. The topological polar surface area (TPSA) is 79.3 Å².